The number of carbonyl (C=O) groups excluding carboxylic acids is 1. The molecular formula is C24H24N4O3S. The Labute approximate surface area is 187 Å². The molecule has 7 nitrogen and oxygen atoms in total. The van der Waals surface area contributed by atoms with Gasteiger partial charge in [0.2, 0.25) is 0 Å². The summed E-state index contributed by atoms with van der Waals surface area (Å²) in [5, 5.41) is 2.80. The van der Waals surface area contributed by atoms with E-state index in [1.807, 2.05) is 48.3 Å². The number of anilines is 1. The van der Waals surface area contributed by atoms with Gasteiger partial charge in [-0.15, -0.1) is 4.40 Å². The van der Waals surface area contributed by atoms with E-state index in [1.165, 1.54) is 12.1 Å². The van der Waals surface area contributed by atoms with E-state index in [0.29, 0.717) is 29.2 Å². The number of hydrogen-bond donors (Lipinski definition) is 1. The Morgan fingerprint density at radius 1 is 1.03 bits per heavy atom. The van der Waals surface area contributed by atoms with Crippen molar-refractivity contribution in [2.24, 2.45) is 4.40 Å². The Hall–Kier alpha value is -3.52. The second-order valence-corrected chi connectivity index (χ2v) is 9.29. The third-order valence-corrected chi connectivity index (χ3v) is 6.69. The van der Waals surface area contributed by atoms with E-state index in [2.05, 4.69) is 14.7 Å². The molecule has 32 heavy (non-hydrogen) atoms. The minimum Gasteiger partial charge on any atom is -0.362 e. The summed E-state index contributed by atoms with van der Waals surface area (Å²) in [7, 11) is -1.95. The van der Waals surface area contributed by atoms with Gasteiger partial charge in [0.15, 0.2) is 0 Å². The molecule has 2 heterocycles. The van der Waals surface area contributed by atoms with Gasteiger partial charge >= 0.3 is 0 Å². The summed E-state index contributed by atoms with van der Waals surface area (Å²) in [4.78, 5) is 19.2. The molecule has 0 spiro atoms. The molecule has 164 valence electrons. The van der Waals surface area contributed by atoms with Gasteiger partial charge < -0.3 is 10.2 Å². The van der Waals surface area contributed by atoms with Gasteiger partial charge in [0, 0.05) is 31.3 Å². The average molecular weight is 449 g/mol. The SMILES string of the molecule is Cc1nc(-c2ccccc2)ccc1C(=O)Nc1ccc(S(=O)(=O)/N=C2/CCCN2C)cc1. The summed E-state index contributed by atoms with van der Waals surface area (Å²) in [5.41, 5.74) is 3.33. The smallest absolute Gasteiger partial charge is 0.283 e. The van der Waals surface area contributed by atoms with Crippen molar-refractivity contribution in [1.29, 1.82) is 0 Å². The number of carbonyl (C=O) groups is 1. The van der Waals surface area contributed by atoms with Crippen LogP contribution in [0, 0.1) is 6.92 Å². The number of pyridine rings is 1. The maximum Gasteiger partial charge on any atom is 0.283 e. The van der Waals surface area contributed by atoms with Crippen molar-refractivity contribution in [3.63, 3.8) is 0 Å². The van der Waals surface area contributed by atoms with E-state index in [4.69, 9.17) is 0 Å². The fourth-order valence-corrected chi connectivity index (χ4v) is 4.67. The van der Waals surface area contributed by atoms with Crippen LogP contribution in [0.4, 0.5) is 5.69 Å². The minimum absolute atomic E-state index is 0.0911. The summed E-state index contributed by atoms with van der Waals surface area (Å²) < 4.78 is 29.1. The normalized spacial score (nSPS) is 15.2. The quantitative estimate of drug-likeness (QED) is 0.634. The minimum atomic E-state index is -3.79. The molecule has 8 heteroatoms. The van der Waals surface area contributed by atoms with Gasteiger partial charge in [0.05, 0.1) is 21.8 Å². The average Bonchev–Trinajstić information content (AvgIpc) is 3.18. The standard InChI is InChI=1S/C24H24N4O3S/c1-17-21(14-15-22(25-17)18-7-4-3-5-8-18)24(29)26-19-10-12-20(13-11-19)32(30,31)27-23-9-6-16-28(23)2/h3-5,7-8,10-15H,6,9,16H2,1-2H3,(H,26,29)/b27-23-. The Morgan fingerprint density at radius 3 is 2.38 bits per heavy atom. The van der Waals surface area contributed by atoms with Gasteiger partial charge in [0.1, 0.15) is 5.84 Å². The summed E-state index contributed by atoms with van der Waals surface area (Å²) in [6.07, 6.45) is 1.55. The second kappa shape index (κ2) is 8.92. The molecule has 0 radical (unpaired) electrons. The monoisotopic (exact) mass is 448 g/mol. The zero-order chi connectivity index (χ0) is 22.7. The van der Waals surface area contributed by atoms with Crippen molar-refractivity contribution in [2.45, 2.75) is 24.7 Å². The van der Waals surface area contributed by atoms with E-state index in [1.54, 1.807) is 25.1 Å². The number of nitrogens with one attached hydrogen (secondary N) is 1. The van der Waals surface area contributed by atoms with Gasteiger partial charge in [-0.3, -0.25) is 9.78 Å². The number of rotatable bonds is 5. The summed E-state index contributed by atoms with van der Waals surface area (Å²) in [5.74, 6) is 0.266. The molecule has 0 atom stereocenters. The molecule has 0 bridgehead atoms. The molecule has 1 aliphatic heterocycles. The van der Waals surface area contributed by atoms with Crippen LogP contribution < -0.4 is 5.32 Å². The number of aromatic nitrogens is 1. The fourth-order valence-electron chi connectivity index (χ4n) is 3.58. The molecular weight excluding hydrogens is 424 g/mol. The molecule has 1 saturated heterocycles. The molecule has 0 unspecified atom stereocenters. The van der Waals surface area contributed by atoms with E-state index in [0.717, 1.165) is 24.2 Å². The van der Waals surface area contributed by atoms with Crippen molar-refractivity contribution >= 4 is 27.5 Å². The molecule has 1 aliphatic rings. The van der Waals surface area contributed by atoms with E-state index < -0.39 is 10.0 Å². The summed E-state index contributed by atoms with van der Waals surface area (Å²) in [6.45, 7) is 2.59. The highest BCUT2D eigenvalue weighted by molar-refractivity contribution is 7.90. The first-order valence-electron chi connectivity index (χ1n) is 10.3. The molecule has 1 aromatic heterocycles. The van der Waals surface area contributed by atoms with Gasteiger partial charge in [-0.2, -0.15) is 8.42 Å². The van der Waals surface area contributed by atoms with Crippen LogP contribution in [0.3, 0.4) is 0 Å². The first kappa shape index (κ1) is 21.7. The molecule has 0 saturated carbocycles. The Bertz CT molecular complexity index is 1270. The van der Waals surface area contributed by atoms with Gasteiger partial charge in [-0.05, 0) is 49.7 Å². The first-order chi connectivity index (χ1) is 15.3. The fraction of sp³-hybridized carbons (Fsp3) is 0.208. The zero-order valence-electron chi connectivity index (χ0n) is 17.9. The number of amides is 1. The number of nitrogens with zero attached hydrogens (tertiary/aromatic N) is 3. The number of amidine groups is 1. The highest BCUT2D eigenvalue weighted by Crippen LogP contribution is 2.21. The molecule has 1 N–H and O–H groups in total. The number of benzene rings is 2. The van der Waals surface area contributed by atoms with Crippen molar-refractivity contribution < 1.29 is 13.2 Å². The van der Waals surface area contributed by atoms with Crippen molar-refractivity contribution in [2.75, 3.05) is 18.9 Å². The lowest BCUT2D eigenvalue weighted by Crippen LogP contribution is -2.20. The predicted octanol–water partition coefficient (Wildman–Crippen LogP) is 4.12. The van der Waals surface area contributed by atoms with Crippen LogP contribution in [0.25, 0.3) is 11.3 Å². The van der Waals surface area contributed by atoms with Crippen LogP contribution in [0.15, 0.2) is 76.0 Å². The Morgan fingerprint density at radius 2 is 1.75 bits per heavy atom. The molecule has 4 rings (SSSR count). The van der Waals surface area contributed by atoms with E-state index in [9.17, 15) is 13.2 Å². The third-order valence-electron chi connectivity index (χ3n) is 5.37. The zero-order valence-corrected chi connectivity index (χ0v) is 18.8. The lowest BCUT2D eigenvalue weighted by molar-refractivity contribution is 0.102. The van der Waals surface area contributed by atoms with Crippen LogP contribution in [0.5, 0.6) is 0 Å². The number of aryl methyl sites for hydroxylation is 1. The summed E-state index contributed by atoms with van der Waals surface area (Å²) in [6, 6.07) is 19.3. The van der Waals surface area contributed by atoms with Crippen molar-refractivity contribution in [1.82, 2.24) is 9.88 Å². The van der Waals surface area contributed by atoms with Crippen LogP contribution in [0.2, 0.25) is 0 Å². The number of hydrogen-bond acceptors (Lipinski definition) is 4. The van der Waals surface area contributed by atoms with Crippen LogP contribution in [0.1, 0.15) is 28.9 Å². The van der Waals surface area contributed by atoms with Gasteiger partial charge in [0.25, 0.3) is 15.9 Å². The van der Waals surface area contributed by atoms with Gasteiger partial charge in [-0.1, -0.05) is 30.3 Å². The van der Waals surface area contributed by atoms with Crippen LogP contribution >= 0.6 is 0 Å². The summed E-state index contributed by atoms with van der Waals surface area (Å²) >= 11 is 0. The van der Waals surface area contributed by atoms with E-state index >= 15 is 0 Å². The lowest BCUT2D eigenvalue weighted by Gasteiger charge is -2.11. The molecule has 1 amide bonds. The van der Waals surface area contributed by atoms with Gasteiger partial charge in [-0.25, -0.2) is 0 Å². The first-order valence-corrected chi connectivity index (χ1v) is 11.8. The van der Waals surface area contributed by atoms with Crippen LogP contribution in [-0.4, -0.2) is 43.6 Å². The van der Waals surface area contributed by atoms with E-state index in [-0.39, 0.29) is 10.8 Å². The molecule has 1 fully saturated rings. The lowest BCUT2D eigenvalue weighted by atomic mass is 10.1. The second-order valence-electron chi connectivity index (χ2n) is 7.68. The van der Waals surface area contributed by atoms with Crippen LogP contribution in [-0.2, 0) is 10.0 Å². The highest BCUT2D eigenvalue weighted by Gasteiger charge is 2.20. The van der Waals surface area contributed by atoms with Crippen molar-refractivity contribution in [3.8, 4) is 11.3 Å². The number of likely N-dealkylation sites (tertiary alicyclic amines) is 1. The topological polar surface area (TPSA) is 91.7 Å². The molecule has 2 aromatic carbocycles. The predicted molar refractivity (Wildman–Crippen MR) is 125 cm³/mol. The molecule has 0 aliphatic carbocycles. The highest BCUT2D eigenvalue weighted by atomic mass is 32.2. The Kier molecular flexibility index (Phi) is 6.05. The largest absolute Gasteiger partial charge is 0.362 e. The third kappa shape index (κ3) is 4.70. The Balaban J connectivity index is 1.48. The number of sulfonamides is 1. The molecule has 3 aromatic rings. The maximum absolute atomic E-state index is 12.7. The maximum atomic E-state index is 12.7. The van der Waals surface area contributed by atoms with Crippen molar-refractivity contribution in [3.05, 3.63) is 78.0 Å².